The van der Waals surface area contributed by atoms with Gasteiger partial charge in [0, 0.05) is 36.0 Å². The minimum atomic E-state index is -0.429. The highest BCUT2D eigenvalue weighted by Gasteiger charge is 2.12. The number of methoxy groups -OCH3 is 1. The van der Waals surface area contributed by atoms with Gasteiger partial charge in [0.15, 0.2) is 11.5 Å². The predicted octanol–water partition coefficient (Wildman–Crippen LogP) is 5.24. The Hall–Kier alpha value is -3.91. The van der Waals surface area contributed by atoms with Gasteiger partial charge in [0.05, 0.1) is 12.0 Å². The molecule has 3 rings (SSSR count). The molecular formula is C26H29N3O5. The Morgan fingerprint density at radius 3 is 2.35 bits per heavy atom. The fourth-order valence-electron chi connectivity index (χ4n) is 3.51. The Kier molecular flexibility index (Phi) is 8.59. The van der Waals surface area contributed by atoms with Gasteiger partial charge in [0.25, 0.3) is 11.6 Å². The van der Waals surface area contributed by atoms with Crippen molar-refractivity contribution in [1.82, 2.24) is 4.90 Å². The Balaban J connectivity index is 1.69. The number of hydrogen-bond donors (Lipinski definition) is 1. The minimum absolute atomic E-state index is 0.0222. The Bertz CT molecular complexity index is 1130. The second-order valence-electron chi connectivity index (χ2n) is 7.58. The van der Waals surface area contributed by atoms with Crippen LogP contribution in [0.3, 0.4) is 0 Å². The van der Waals surface area contributed by atoms with Gasteiger partial charge in [-0.05, 0) is 48.5 Å². The molecular weight excluding hydrogens is 434 g/mol. The fraction of sp³-hybridized carbons (Fsp3) is 0.269. The van der Waals surface area contributed by atoms with E-state index < -0.39 is 4.92 Å². The van der Waals surface area contributed by atoms with Crippen molar-refractivity contribution in [3.05, 3.63) is 82.4 Å². The van der Waals surface area contributed by atoms with Crippen LogP contribution in [0.5, 0.6) is 11.5 Å². The van der Waals surface area contributed by atoms with E-state index in [1.807, 2.05) is 0 Å². The summed E-state index contributed by atoms with van der Waals surface area (Å²) < 4.78 is 11.3. The zero-order chi connectivity index (χ0) is 24.5. The first-order valence-electron chi connectivity index (χ1n) is 11.1. The molecule has 0 aromatic heterocycles. The number of hydrogen-bond acceptors (Lipinski definition) is 6. The van der Waals surface area contributed by atoms with Crippen LogP contribution in [-0.2, 0) is 0 Å². The first-order chi connectivity index (χ1) is 16.4. The van der Waals surface area contributed by atoms with Gasteiger partial charge in [-0.2, -0.15) is 0 Å². The van der Waals surface area contributed by atoms with Crippen molar-refractivity contribution in [2.75, 3.05) is 38.7 Å². The third kappa shape index (κ3) is 6.32. The number of ether oxygens (including phenoxy) is 2. The number of amides is 1. The number of benzene rings is 3. The number of non-ortho nitro benzene ring substituents is 1. The van der Waals surface area contributed by atoms with Gasteiger partial charge in [-0.25, -0.2) is 0 Å². The van der Waals surface area contributed by atoms with Crippen molar-refractivity contribution in [2.24, 2.45) is 0 Å². The van der Waals surface area contributed by atoms with E-state index in [0.29, 0.717) is 34.9 Å². The highest BCUT2D eigenvalue weighted by atomic mass is 16.6. The average molecular weight is 464 g/mol. The van der Waals surface area contributed by atoms with Gasteiger partial charge >= 0.3 is 0 Å². The molecule has 0 aliphatic carbocycles. The molecule has 0 spiro atoms. The molecule has 0 heterocycles. The molecule has 34 heavy (non-hydrogen) atoms. The van der Waals surface area contributed by atoms with Crippen molar-refractivity contribution >= 4 is 17.3 Å². The first-order valence-corrected chi connectivity index (χ1v) is 11.1. The number of likely N-dealkylation sites (N-methyl/N-ethyl adjacent to an activating group) is 1. The van der Waals surface area contributed by atoms with Crippen molar-refractivity contribution < 1.29 is 19.2 Å². The molecule has 1 N–H and O–H groups in total. The summed E-state index contributed by atoms with van der Waals surface area (Å²) in [6, 6.07) is 18.6. The van der Waals surface area contributed by atoms with E-state index in [-0.39, 0.29) is 11.6 Å². The van der Waals surface area contributed by atoms with Crippen LogP contribution in [0.25, 0.3) is 11.1 Å². The molecule has 0 aliphatic heterocycles. The number of rotatable bonds is 11. The van der Waals surface area contributed by atoms with E-state index in [0.717, 1.165) is 25.2 Å². The van der Waals surface area contributed by atoms with E-state index in [9.17, 15) is 14.9 Å². The third-order valence-electron chi connectivity index (χ3n) is 5.52. The quantitative estimate of drug-likeness (QED) is 0.309. The SMILES string of the molecule is CCN(CC)CCOc1cc(NC(=O)c2ccc(-c3cccc([N+](=O)[O-])c3)cc2)ccc1OC. The van der Waals surface area contributed by atoms with Crippen molar-refractivity contribution in [1.29, 1.82) is 0 Å². The lowest BCUT2D eigenvalue weighted by atomic mass is 10.0. The molecule has 0 atom stereocenters. The second-order valence-corrected chi connectivity index (χ2v) is 7.58. The van der Waals surface area contributed by atoms with Gasteiger partial charge < -0.3 is 19.7 Å². The molecule has 0 saturated carbocycles. The lowest BCUT2D eigenvalue weighted by Crippen LogP contribution is -2.28. The minimum Gasteiger partial charge on any atom is -0.493 e. The molecule has 8 nitrogen and oxygen atoms in total. The van der Waals surface area contributed by atoms with Gasteiger partial charge in [0.2, 0.25) is 0 Å². The highest BCUT2D eigenvalue weighted by molar-refractivity contribution is 6.04. The van der Waals surface area contributed by atoms with E-state index in [4.69, 9.17) is 9.47 Å². The summed E-state index contributed by atoms with van der Waals surface area (Å²) in [5.74, 6) is 0.886. The van der Waals surface area contributed by atoms with E-state index in [2.05, 4.69) is 24.1 Å². The molecule has 0 bridgehead atoms. The maximum absolute atomic E-state index is 12.8. The maximum Gasteiger partial charge on any atom is 0.270 e. The number of anilines is 1. The van der Waals surface area contributed by atoms with Crippen LogP contribution in [0.15, 0.2) is 66.7 Å². The van der Waals surface area contributed by atoms with Crippen LogP contribution in [0, 0.1) is 10.1 Å². The monoisotopic (exact) mass is 463 g/mol. The number of nitrogens with zero attached hydrogens (tertiary/aromatic N) is 2. The molecule has 0 aliphatic rings. The number of nitrogens with one attached hydrogen (secondary N) is 1. The number of nitro benzene ring substituents is 1. The average Bonchev–Trinajstić information content (AvgIpc) is 2.87. The third-order valence-corrected chi connectivity index (χ3v) is 5.52. The summed E-state index contributed by atoms with van der Waals surface area (Å²) in [7, 11) is 1.58. The standard InChI is InChI=1S/C26H29N3O5/c1-4-28(5-2)15-16-34-25-18-22(13-14-24(25)33-3)27-26(30)20-11-9-19(10-12-20)21-7-6-8-23(17-21)29(31)32/h6-14,17-18H,4-5,15-16H2,1-3H3,(H,27,30). The predicted molar refractivity (Wildman–Crippen MR) is 133 cm³/mol. The second kappa shape index (κ2) is 11.8. The number of carbonyl (C=O) groups excluding carboxylic acids is 1. The highest BCUT2D eigenvalue weighted by Crippen LogP contribution is 2.31. The van der Waals surface area contributed by atoms with E-state index in [1.165, 1.54) is 12.1 Å². The van der Waals surface area contributed by atoms with Crippen LogP contribution in [0.2, 0.25) is 0 Å². The van der Waals surface area contributed by atoms with E-state index in [1.54, 1.807) is 61.7 Å². The van der Waals surface area contributed by atoms with Gasteiger partial charge in [-0.1, -0.05) is 38.1 Å². The zero-order valence-electron chi connectivity index (χ0n) is 19.6. The van der Waals surface area contributed by atoms with Gasteiger partial charge in [-0.3, -0.25) is 14.9 Å². The molecule has 0 fully saturated rings. The molecule has 178 valence electrons. The lowest BCUT2D eigenvalue weighted by Gasteiger charge is -2.19. The van der Waals surface area contributed by atoms with Crippen molar-refractivity contribution in [3.63, 3.8) is 0 Å². The van der Waals surface area contributed by atoms with Crippen LogP contribution in [0.1, 0.15) is 24.2 Å². The fourth-order valence-corrected chi connectivity index (χ4v) is 3.51. The zero-order valence-corrected chi connectivity index (χ0v) is 19.6. The Labute approximate surface area is 199 Å². The smallest absolute Gasteiger partial charge is 0.270 e. The Morgan fingerprint density at radius 1 is 0.971 bits per heavy atom. The number of carbonyl (C=O) groups is 1. The van der Waals surface area contributed by atoms with Crippen LogP contribution >= 0.6 is 0 Å². The van der Waals surface area contributed by atoms with Gasteiger partial charge in [0.1, 0.15) is 6.61 Å². The molecule has 1 amide bonds. The number of nitro groups is 1. The Morgan fingerprint density at radius 2 is 1.71 bits per heavy atom. The maximum atomic E-state index is 12.8. The molecule has 8 heteroatoms. The lowest BCUT2D eigenvalue weighted by molar-refractivity contribution is -0.384. The summed E-state index contributed by atoms with van der Waals surface area (Å²) >= 11 is 0. The van der Waals surface area contributed by atoms with Crippen LogP contribution in [-0.4, -0.2) is 49.1 Å². The summed E-state index contributed by atoms with van der Waals surface area (Å²) in [6.07, 6.45) is 0. The van der Waals surface area contributed by atoms with Crippen LogP contribution in [0.4, 0.5) is 11.4 Å². The topological polar surface area (TPSA) is 93.9 Å². The van der Waals surface area contributed by atoms with Crippen molar-refractivity contribution in [2.45, 2.75) is 13.8 Å². The van der Waals surface area contributed by atoms with Crippen LogP contribution < -0.4 is 14.8 Å². The summed E-state index contributed by atoms with van der Waals surface area (Å²) in [6.45, 7) is 7.42. The normalized spacial score (nSPS) is 10.7. The summed E-state index contributed by atoms with van der Waals surface area (Å²) in [4.78, 5) is 25.6. The molecule has 3 aromatic rings. The van der Waals surface area contributed by atoms with Crippen molar-refractivity contribution in [3.8, 4) is 22.6 Å². The molecule has 3 aromatic carbocycles. The molecule has 0 saturated heterocycles. The summed E-state index contributed by atoms with van der Waals surface area (Å²) in [5.41, 5.74) is 2.57. The van der Waals surface area contributed by atoms with E-state index >= 15 is 0 Å². The molecule has 0 radical (unpaired) electrons. The van der Waals surface area contributed by atoms with Gasteiger partial charge in [-0.15, -0.1) is 0 Å². The largest absolute Gasteiger partial charge is 0.493 e. The molecule has 0 unspecified atom stereocenters. The summed E-state index contributed by atoms with van der Waals surface area (Å²) in [5, 5.41) is 13.9. The first kappa shape index (κ1) is 24.7.